The normalized spacial score (nSPS) is 18.0. The average Bonchev–Trinajstić information content (AvgIpc) is 2.48. The molecule has 1 aromatic carbocycles. The van der Waals surface area contributed by atoms with E-state index >= 15 is 0 Å². The lowest BCUT2D eigenvalue weighted by molar-refractivity contribution is -0.135. The van der Waals surface area contributed by atoms with Crippen molar-refractivity contribution < 1.29 is 9.53 Å². The Morgan fingerprint density at radius 1 is 1.35 bits per heavy atom. The fourth-order valence-corrected chi connectivity index (χ4v) is 2.67. The highest BCUT2D eigenvalue weighted by molar-refractivity contribution is 5.82. The number of nitrogens with zero attached hydrogens (tertiary/aromatic N) is 1. The predicted octanol–water partition coefficient (Wildman–Crippen LogP) is 1.58. The fourth-order valence-electron chi connectivity index (χ4n) is 2.67. The fraction of sp³-hybridized carbons (Fsp3) is 0.562. The molecule has 4 heteroatoms. The molecule has 1 aliphatic heterocycles. The molecule has 0 bridgehead atoms. The molecular formula is C16H24N2O2. The van der Waals surface area contributed by atoms with E-state index in [2.05, 4.69) is 0 Å². The van der Waals surface area contributed by atoms with Gasteiger partial charge >= 0.3 is 0 Å². The van der Waals surface area contributed by atoms with Gasteiger partial charge in [0.05, 0.1) is 12.1 Å². The standard InChI is InChI=1S/C16H24N2O2/c1-2-20-14-8-10-18(11-9-14)16(19)15(17)12-13-6-4-3-5-7-13/h3-7,14-15H,2,8-12,17H2,1H3/t15-/m0/s1. The third kappa shape index (κ3) is 4.05. The van der Waals surface area contributed by atoms with E-state index < -0.39 is 6.04 Å². The average molecular weight is 276 g/mol. The maximum Gasteiger partial charge on any atom is 0.239 e. The van der Waals surface area contributed by atoms with E-state index in [1.807, 2.05) is 42.2 Å². The first-order valence-corrected chi connectivity index (χ1v) is 7.40. The van der Waals surface area contributed by atoms with Gasteiger partial charge in [0.25, 0.3) is 0 Å². The molecule has 0 spiro atoms. The molecule has 1 saturated heterocycles. The van der Waals surface area contributed by atoms with Crippen molar-refractivity contribution in [2.75, 3.05) is 19.7 Å². The highest BCUT2D eigenvalue weighted by Crippen LogP contribution is 2.15. The van der Waals surface area contributed by atoms with E-state index in [0.717, 1.165) is 38.1 Å². The maximum absolute atomic E-state index is 12.3. The highest BCUT2D eigenvalue weighted by Gasteiger charge is 2.26. The van der Waals surface area contributed by atoms with Gasteiger partial charge in [-0.25, -0.2) is 0 Å². The van der Waals surface area contributed by atoms with Crippen LogP contribution in [-0.2, 0) is 16.0 Å². The summed E-state index contributed by atoms with van der Waals surface area (Å²) in [6, 6.07) is 9.49. The minimum atomic E-state index is -0.443. The van der Waals surface area contributed by atoms with Crippen LogP contribution in [0, 0.1) is 0 Å². The first-order chi connectivity index (χ1) is 9.70. The number of likely N-dealkylation sites (tertiary alicyclic amines) is 1. The summed E-state index contributed by atoms with van der Waals surface area (Å²) < 4.78 is 5.60. The van der Waals surface area contributed by atoms with Gasteiger partial charge in [-0.2, -0.15) is 0 Å². The molecule has 1 aliphatic rings. The predicted molar refractivity (Wildman–Crippen MR) is 79.3 cm³/mol. The van der Waals surface area contributed by atoms with E-state index in [1.165, 1.54) is 0 Å². The summed E-state index contributed by atoms with van der Waals surface area (Å²) in [5.74, 6) is 0.0591. The molecule has 1 atom stereocenters. The molecule has 20 heavy (non-hydrogen) atoms. The van der Waals surface area contributed by atoms with Crippen LogP contribution in [0.25, 0.3) is 0 Å². The summed E-state index contributed by atoms with van der Waals surface area (Å²) in [4.78, 5) is 14.2. The largest absolute Gasteiger partial charge is 0.378 e. The maximum atomic E-state index is 12.3. The van der Waals surface area contributed by atoms with Crippen molar-refractivity contribution in [3.8, 4) is 0 Å². The summed E-state index contributed by atoms with van der Waals surface area (Å²) in [5, 5.41) is 0. The van der Waals surface area contributed by atoms with Crippen molar-refractivity contribution in [3.63, 3.8) is 0 Å². The first kappa shape index (κ1) is 15.0. The van der Waals surface area contributed by atoms with Gasteiger partial charge in [0.15, 0.2) is 0 Å². The van der Waals surface area contributed by atoms with Crippen LogP contribution in [0.1, 0.15) is 25.3 Å². The smallest absolute Gasteiger partial charge is 0.239 e. The summed E-state index contributed by atoms with van der Waals surface area (Å²) in [6.45, 7) is 4.26. The van der Waals surface area contributed by atoms with E-state index in [0.29, 0.717) is 12.5 Å². The Hall–Kier alpha value is -1.39. The van der Waals surface area contributed by atoms with E-state index in [9.17, 15) is 4.79 Å². The summed E-state index contributed by atoms with van der Waals surface area (Å²) in [7, 11) is 0. The molecule has 1 heterocycles. The van der Waals surface area contributed by atoms with Crippen LogP contribution in [0.3, 0.4) is 0 Å². The molecule has 0 unspecified atom stereocenters. The van der Waals surface area contributed by atoms with Crippen LogP contribution in [0.15, 0.2) is 30.3 Å². The number of ether oxygens (including phenoxy) is 1. The Kier molecular flexibility index (Phi) is 5.56. The highest BCUT2D eigenvalue weighted by atomic mass is 16.5. The quantitative estimate of drug-likeness (QED) is 0.888. The van der Waals surface area contributed by atoms with Crippen LogP contribution in [0.2, 0.25) is 0 Å². The summed E-state index contributed by atoms with van der Waals surface area (Å²) >= 11 is 0. The number of piperidine rings is 1. The molecule has 2 rings (SSSR count). The third-order valence-electron chi connectivity index (χ3n) is 3.77. The second-order valence-electron chi connectivity index (χ2n) is 5.28. The third-order valence-corrected chi connectivity index (χ3v) is 3.77. The molecule has 0 aromatic heterocycles. The Morgan fingerprint density at radius 2 is 2.00 bits per heavy atom. The SMILES string of the molecule is CCOC1CCN(C(=O)[C@@H](N)Cc2ccccc2)CC1. The number of carbonyl (C=O) groups is 1. The van der Waals surface area contributed by atoms with Gasteiger partial charge in [-0.15, -0.1) is 0 Å². The van der Waals surface area contributed by atoms with Gasteiger partial charge in [-0.05, 0) is 31.7 Å². The zero-order valence-corrected chi connectivity index (χ0v) is 12.1. The molecule has 0 radical (unpaired) electrons. The zero-order valence-electron chi connectivity index (χ0n) is 12.1. The molecule has 0 aliphatic carbocycles. The van der Waals surface area contributed by atoms with Gasteiger partial charge < -0.3 is 15.4 Å². The lowest BCUT2D eigenvalue weighted by Crippen LogP contribution is -2.49. The number of rotatable bonds is 5. The van der Waals surface area contributed by atoms with Crippen LogP contribution in [0.5, 0.6) is 0 Å². The lowest BCUT2D eigenvalue weighted by Gasteiger charge is -2.33. The molecule has 1 amide bonds. The van der Waals surface area contributed by atoms with Gasteiger partial charge in [-0.1, -0.05) is 30.3 Å². The molecule has 1 aromatic rings. The lowest BCUT2D eigenvalue weighted by atomic mass is 10.0. The van der Waals surface area contributed by atoms with Crippen molar-refractivity contribution in [1.82, 2.24) is 4.90 Å². The van der Waals surface area contributed by atoms with Crippen molar-refractivity contribution >= 4 is 5.91 Å². The molecule has 4 nitrogen and oxygen atoms in total. The Bertz CT molecular complexity index is 414. The van der Waals surface area contributed by atoms with E-state index in [-0.39, 0.29) is 5.91 Å². The summed E-state index contributed by atoms with van der Waals surface area (Å²) in [5.41, 5.74) is 7.16. The number of amides is 1. The second kappa shape index (κ2) is 7.41. The topological polar surface area (TPSA) is 55.6 Å². The summed E-state index contributed by atoms with van der Waals surface area (Å²) in [6.07, 6.45) is 2.73. The molecular weight excluding hydrogens is 252 g/mol. The minimum Gasteiger partial charge on any atom is -0.378 e. The van der Waals surface area contributed by atoms with Crippen molar-refractivity contribution in [3.05, 3.63) is 35.9 Å². The second-order valence-corrected chi connectivity index (χ2v) is 5.28. The van der Waals surface area contributed by atoms with Crippen LogP contribution in [-0.4, -0.2) is 42.6 Å². The molecule has 110 valence electrons. The van der Waals surface area contributed by atoms with Gasteiger partial charge in [0, 0.05) is 19.7 Å². The number of hydrogen-bond donors (Lipinski definition) is 1. The van der Waals surface area contributed by atoms with Gasteiger partial charge in [0.2, 0.25) is 5.91 Å². The number of hydrogen-bond acceptors (Lipinski definition) is 3. The zero-order chi connectivity index (χ0) is 14.4. The Morgan fingerprint density at radius 3 is 2.60 bits per heavy atom. The molecule has 0 saturated carbocycles. The Labute approximate surface area is 120 Å². The van der Waals surface area contributed by atoms with Crippen molar-refractivity contribution in [2.45, 2.75) is 38.3 Å². The van der Waals surface area contributed by atoms with Crippen LogP contribution < -0.4 is 5.73 Å². The minimum absolute atomic E-state index is 0.0591. The number of nitrogens with two attached hydrogens (primary N) is 1. The van der Waals surface area contributed by atoms with Gasteiger partial charge in [-0.3, -0.25) is 4.79 Å². The number of benzene rings is 1. The number of carbonyl (C=O) groups excluding carboxylic acids is 1. The monoisotopic (exact) mass is 276 g/mol. The van der Waals surface area contributed by atoms with Crippen LogP contribution >= 0.6 is 0 Å². The van der Waals surface area contributed by atoms with Crippen molar-refractivity contribution in [2.24, 2.45) is 5.73 Å². The van der Waals surface area contributed by atoms with E-state index in [1.54, 1.807) is 0 Å². The van der Waals surface area contributed by atoms with Crippen LogP contribution in [0.4, 0.5) is 0 Å². The Balaban J connectivity index is 1.82. The molecule has 1 fully saturated rings. The van der Waals surface area contributed by atoms with E-state index in [4.69, 9.17) is 10.5 Å². The van der Waals surface area contributed by atoms with Crippen molar-refractivity contribution in [1.29, 1.82) is 0 Å². The molecule has 2 N–H and O–H groups in total. The first-order valence-electron chi connectivity index (χ1n) is 7.40. The van der Waals surface area contributed by atoms with Gasteiger partial charge in [0.1, 0.15) is 0 Å².